The van der Waals surface area contributed by atoms with Crippen molar-refractivity contribution in [3.05, 3.63) is 79.9 Å². The van der Waals surface area contributed by atoms with Crippen LogP contribution < -0.4 is 10.3 Å². The van der Waals surface area contributed by atoms with Crippen LogP contribution in [0.2, 0.25) is 5.02 Å². The standard InChI is InChI=1S/C24H23ClN2O2S2/c1-4-5-20-15(2)21-22(31-20)26-24(30-14-16-6-8-17(25)9-7-16)27(23(21)28)18-10-12-19(29-3)13-11-18/h6-13H,4-5,14H2,1-3H3. The normalized spacial score (nSPS) is 11.2. The summed E-state index contributed by atoms with van der Waals surface area (Å²) in [6.07, 6.45) is 2.00. The van der Waals surface area contributed by atoms with Gasteiger partial charge in [0.2, 0.25) is 0 Å². The molecule has 4 aromatic rings. The molecule has 0 fully saturated rings. The highest BCUT2D eigenvalue weighted by Gasteiger charge is 2.19. The minimum atomic E-state index is -0.0233. The largest absolute Gasteiger partial charge is 0.497 e. The lowest BCUT2D eigenvalue weighted by atomic mass is 10.1. The highest BCUT2D eigenvalue weighted by molar-refractivity contribution is 7.98. The number of ether oxygens (including phenoxy) is 1. The summed E-state index contributed by atoms with van der Waals surface area (Å²) in [5, 5.41) is 2.11. The first-order valence-electron chi connectivity index (χ1n) is 10.1. The smallest absolute Gasteiger partial charge is 0.267 e. The minimum Gasteiger partial charge on any atom is -0.497 e. The van der Waals surface area contributed by atoms with Gasteiger partial charge in [-0.05, 0) is 60.9 Å². The number of thioether (sulfide) groups is 1. The molecule has 2 aromatic heterocycles. The molecule has 0 saturated heterocycles. The van der Waals surface area contributed by atoms with Gasteiger partial charge in [-0.2, -0.15) is 0 Å². The van der Waals surface area contributed by atoms with Crippen molar-refractivity contribution in [2.24, 2.45) is 0 Å². The molecule has 0 radical (unpaired) electrons. The van der Waals surface area contributed by atoms with Crippen molar-refractivity contribution in [3.8, 4) is 11.4 Å². The van der Waals surface area contributed by atoms with E-state index in [0.29, 0.717) is 15.9 Å². The number of hydrogen-bond acceptors (Lipinski definition) is 5. The van der Waals surface area contributed by atoms with Crippen molar-refractivity contribution < 1.29 is 4.74 Å². The van der Waals surface area contributed by atoms with Crippen LogP contribution in [0.25, 0.3) is 15.9 Å². The molecule has 7 heteroatoms. The average molecular weight is 471 g/mol. The van der Waals surface area contributed by atoms with Crippen molar-refractivity contribution in [2.75, 3.05) is 7.11 Å². The Morgan fingerprint density at radius 1 is 1.13 bits per heavy atom. The maximum absolute atomic E-state index is 13.7. The number of hydrogen-bond donors (Lipinski definition) is 0. The van der Waals surface area contributed by atoms with E-state index in [2.05, 4.69) is 6.92 Å². The van der Waals surface area contributed by atoms with Gasteiger partial charge in [-0.25, -0.2) is 4.98 Å². The zero-order valence-corrected chi connectivity index (χ0v) is 20.0. The molecule has 0 aliphatic carbocycles. The predicted molar refractivity (Wildman–Crippen MR) is 132 cm³/mol. The summed E-state index contributed by atoms with van der Waals surface area (Å²) in [4.78, 5) is 20.7. The summed E-state index contributed by atoms with van der Waals surface area (Å²) >= 11 is 9.20. The summed E-state index contributed by atoms with van der Waals surface area (Å²) in [6.45, 7) is 4.19. The minimum absolute atomic E-state index is 0.0233. The molecule has 0 spiro atoms. The van der Waals surface area contributed by atoms with Gasteiger partial charge in [0.15, 0.2) is 5.16 Å². The molecule has 0 bridgehead atoms. The van der Waals surface area contributed by atoms with Crippen LogP contribution in [-0.4, -0.2) is 16.7 Å². The molecule has 4 rings (SSSR count). The highest BCUT2D eigenvalue weighted by Crippen LogP contribution is 2.32. The lowest BCUT2D eigenvalue weighted by Gasteiger charge is -2.13. The topological polar surface area (TPSA) is 44.1 Å². The Bertz CT molecular complexity index is 1260. The molecular weight excluding hydrogens is 448 g/mol. The summed E-state index contributed by atoms with van der Waals surface area (Å²) in [5.41, 5.74) is 2.93. The SMILES string of the molecule is CCCc1sc2nc(SCc3ccc(Cl)cc3)n(-c3ccc(OC)cc3)c(=O)c2c1C. The van der Waals surface area contributed by atoms with Crippen LogP contribution in [0, 0.1) is 6.92 Å². The van der Waals surface area contributed by atoms with Crippen LogP contribution in [0.15, 0.2) is 58.5 Å². The summed E-state index contributed by atoms with van der Waals surface area (Å²) in [7, 11) is 1.63. The number of methoxy groups -OCH3 is 1. The molecule has 0 saturated carbocycles. The van der Waals surface area contributed by atoms with Crippen LogP contribution in [0.4, 0.5) is 0 Å². The number of aromatic nitrogens is 2. The monoisotopic (exact) mass is 470 g/mol. The first kappa shape index (κ1) is 21.9. The summed E-state index contributed by atoms with van der Waals surface area (Å²) in [5.74, 6) is 1.44. The van der Waals surface area contributed by atoms with E-state index in [1.54, 1.807) is 34.8 Å². The Hall–Kier alpha value is -2.28. The van der Waals surface area contributed by atoms with Gasteiger partial charge in [-0.3, -0.25) is 9.36 Å². The number of nitrogens with zero attached hydrogens (tertiary/aromatic N) is 2. The van der Waals surface area contributed by atoms with Crippen molar-refractivity contribution in [1.82, 2.24) is 9.55 Å². The van der Waals surface area contributed by atoms with Crippen molar-refractivity contribution in [2.45, 2.75) is 37.6 Å². The van der Waals surface area contributed by atoms with Crippen LogP contribution >= 0.6 is 34.7 Å². The zero-order valence-electron chi connectivity index (χ0n) is 17.6. The fraction of sp³-hybridized carbons (Fsp3) is 0.250. The zero-order chi connectivity index (χ0) is 22.0. The Labute approximate surface area is 194 Å². The Morgan fingerprint density at radius 2 is 1.84 bits per heavy atom. The summed E-state index contributed by atoms with van der Waals surface area (Å²) < 4.78 is 7.00. The lowest BCUT2D eigenvalue weighted by Crippen LogP contribution is -2.21. The number of aryl methyl sites for hydroxylation is 2. The molecule has 0 unspecified atom stereocenters. The number of halogens is 1. The maximum Gasteiger partial charge on any atom is 0.267 e. The fourth-order valence-corrected chi connectivity index (χ4v) is 5.87. The highest BCUT2D eigenvalue weighted by atomic mass is 35.5. The van der Waals surface area contributed by atoms with Gasteiger partial charge in [-0.15, -0.1) is 11.3 Å². The molecule has 31 heavy (non-hydrogen) atoms. The third-order valence-corrected chi connectivity index (χ3v) is 7.63. The Morgan fingerprint density at radius 3 is 2.48 bits per heavy atom. The van der Waals surface area contributed by atoms with E-state index in [9.17, 15) is 4.79 Å². The van der Waals surface area contributed by atoms with Crippen molar-refractivity contribution in [1.29, 1.82) is 0 Å². The molecular formula is C24H23ClN2O2S2. The third kappa shape index (κ3) is 4.52. The van der Waals surface area contributed by atoms with Crippen molar-refractivity contribution in [3.63, 3.8) is 0 Å². The van der Waals surface area contributed by atoms with Gasteiger partial charge in [0, 0.05) is 15.7 Å². The van der Waals surface area contributed by atoms with Crippen molar-refractivity contribution >= 4 is 44.9 Å². The van der Waals surface area contributed by atoms with E-state index in [1.807, 2.05) is 55.5 Å². The lowest BCUT2D eigenvalue weighted by molar-refractivity contribution is 0.414. The maximum atomic E-state index is 13.7. The molecule has 2 heterocycles. The van der Waals surface area contributed by atoms with E-state index in [-0.39, 0.29) is 5.56 Å². The molecule has 0 amide bonds. The molecule has 160 valence electrons. The van der Waals surface area contributed by atoms with E-state index in [0.717, 1.165) is 45.6 Å². The van der Waals surface area contributed by atoms with E-state index < -0.39 is 0 Å². The van der Waals surface area contributed by atoms with Gasteiger partial charge in [0.1, 0.15) is 10.6 Å². The van der Waals surface area contributed by atoms with E-state index >= 15 is 0 Å². The van der Waals surface area contributed by atoms with Gasteiger partial charge < -0.3 is 4.74 Å². The number of thiophene rings is 1. The quantitative estimate of drug-likeness (QED) is 0.223. The Kier molecular flexibility index (Phi) is 6.70. The summed E-state index contributed by atoms with van der Waals surface area (Å²) in [6, 6.07) is 15.3. The Balaban J connectivity index is 1.84. The first-order valence-corrected chi connectivity index (χ1v) is 12.3. The number of benzene rings is 2. The van der Waals surface area contributed by atoms with Crippen LogP contribution in [-0.2, 0) is 12.2 Å². The van der Waals surface area contributed by atoms with Gasteiger partial charge >= 0.3 is 0 Å². The van der Waals surface area contributed by atoms with Crippen LogP contribution in [0.5, 0.6) is 5.75 Å². The molecule has 0 N–H and O–H groups in total. The predicted octanol–water partition coefficient (Wildman–Crippen LogP) is 6.66. The second-order valence-electron chi connectivity index (χ2n) is 7.23. The first-order chi connectivity index (χ1) is 15.0. The fourth-order valence-electron chi connectivity index (χ4n) is 3.46. The molecule has 0 aliphatic heterocycles. The molecule has 0 aliphatic rings. The van der Waals surface area contributed by atoms with Gasteiger partial charge in [0.25, 0.3) is 5.56 Å². The van der Waals surface area contributed by atoms with Crippen LogP contribution in [0.1, 0.15) is 29.3 Å². The number of fused-ring (bicyclic) bond motifs is 1. The van der Waals surface area contributed by atoms with Gasteiger partial charge in [-0.1, -0.05) is 48.8 Å². The van der Waals surface area contributed by atoms with E-state index in [4.69, 9.17) is 21.3 Å². The van der Waals surface area contributed by atoms with E-state index in [1.165, 1.54) is 4.88 Å². The second kappa shape index (κ2) is 9.47. The average Bonchev–Trinajstić information content (AvgIpc) is 3.09. The molecule has 2 aromatic carbocycles. The third-order valence-electron chi connectivity index (χ3n) is 5.12. The molecule has 0 atom stereocenters. The number of rotatable bonds is 7. The second-order valence-corrected chi connectivity index (χ2v) is 9.69. The van der Waals surface area contributed by atoms with Gasteiger partial charge in [0.05, 0.1) is 18.2 Å². The molecule has 4 nitrogen and oxygen atoms in total. The van der Waals surface area contributed by atoms with Crippen LogP contribution in [0.3, 0.4) is 0 Å².